The number of hydrazone groups is 1. The normalized spacial score (nSPS) is 11.0. The molecule has 1 N–H and O–H groups in total. The Bertz CT molecular complexity index is 531. The molecule has 0 spiro atoms. The first kappa shape index (κ1) is 14.9. The van der Waals surface area contributed by atoms with E-state index in [1.807, 2.05) is 0 Å². The number of hydrogen-bond donors (Lipinski definition) is 1. The summed E-state index contributed by atoms with van der Waals surface area (Å²) in [6.45, 7) is 3.40. The largest absolute Gasteiger partial charge is 0.461 e. The van der Waals surface area contributed by atoms with Gasteiger partial charge in [0.1, 0.15) is 10.7 Å². The number of halogens is 1. The van der Waals surface area contributed by atoms with E-state index in [9.17, 15) is 14.9 Å². The first-order chi connectivity index (χ1) is 8.95. The first-order valence-electron chi connectivity index (χ1n) is 5.37. The standard InChI is InChI=1S/C11H12ClN3O4/c1-3-19-11(16)7(2)13-14-8-4-5-9(12)10(6-8)15(17)18/h4-6,14H,3H2,1-2H3/b13-7-. The Kier molecular flexibility index (Phi) is 5.25. The van der Waals surface area contributed by atoms with E-state index in [1.165, 1.54) is 25.1 Å². The molecule has 0 heterocycles. The van der Waals surface area contributed by atoms with E-state index < -0.39 is 10.9 Å². The second-order valence-electron chi connectivity index (χ2n) is 3.45. The SMILES string of the molecule is CCOC(=O)/C(C)=N\Nc1ccc(Cl)c([N+](=O)[O-])c1. The number of esters is 1. The number of nitro benzene ring substituents is 1. The van der Waals surface area contributed by atoms with Crippen LogP contribution in [0, 0.1) is 10.1 Å². The number of nitrogens with zero attached hydrogens (tertiary/aromatic N) is 2. The van der Waals surface area contributed by atoms with E-state index in [4.69, 9.17) is 16.3 Å². The van der Waals surface area contributed by atoms with Gasteiger partial charge in [0.25, 0.3) is 5.69 Å². The summed E-state index contributed by atoms with van der Waals surface area (Å²) < 4.78 is 4.73. The smallest absolute Gasteiger partial charge is 0.354 e. The van der Waals surface area contributed by atoms with Gasteiger partial charge in [0.05, 0.1) is 17.2 Å². The molecule has 0 aliphatic carbocycles. The van der Waals surface area contributed by atoms with Gasteiger partial charge in [-0.15, -0.1) is 0 Å². The zero-order chi connectivity index (χ0) is 14.4. The van der Waals surface area contributed by atoms with Crippen molar-refractivity contribution in [1.82, 2.24) is 0 Å². The monoisotopic (exact) mass is 285 g/mol. The van der Waals surface area contributed by atoms with Gasteiger partial charge in [-0.1, -0.05) is 11.6 Å². The molecule has 8 heteroatoms. The van der Waals surface area contributed by atoms with Crippen molar-refractivity contribution in [2.45, 2.75) is 13.8 Å². The molecular weight excluding hydrogens is 274 g/mol. The fourth-order valence-electron chi connectivity index (χ4n) is 1.15. The van der Waals surface area contributed by atoms with Crippen molar-refractivity contribution in [1.29, 1.82) is 0 Å². The van der Waals surface area contributed by atoms with Gasteiger partial charge in [-0.3, -0.25) is 15.5 Å². The van der Waals surface area contributed by atoms with Gasteiger partial charge in [0, 0.05) is 6.07 Å². The van der Waals surface area contributed by atoms with Crippen LogP contribution in [0.4, 0.5) is 11.4 Å². The van der Waals surface area contributed by atoms with Crippen LogP contribution >= 0.6 is 11.6 Å². The topological polar surface area (TPSA) is 93.8 Å². The Morgan fingerprint density at radius 1 is 1.58 bits per heavy atom. The van der Waals surface area contributed by atoms with Crippen molar-refractivity contribution in [2.24, 2.45) is 5.10 Å². The maximum atomic E-state index is 11.3. The molecule has 7 nitrogen and oxygen atoms in total. The van der Waals surface area contributed by atoms with Gasteiger partial charge in [-0.05, 0) is 26.0 Å². The summed E-state index contributed by atoms with van der Waals surface area (Å²) in [5.74, 6) is -0.557. The molecule has 0 aliphatic heterocycles. The Balaban J connectivity index is 2.83. The van der Waals surface area contributed by atoms with Crippen molar-refractivity contribution in [3.05, 3.63) is 33.3 Å². The lowest BCUT2D eigenvalue weighted by atomic mass is 10.3. The Hall–Kier alpha value is -2.15. The number of carbonyl (C=O) groups excluding carboxylic acids is 1. The second-order valence-corrected chi connectivity index (χ2v) is 3.86. The number of ether oxygens (including phenoxy) is 1. The molecule has 0 unspecified atom stereocenters. The summed E-state index contributed by atoms with van der Waals surface area (Å²) in [4.78, 5) is 21.4. The van der Waals surface area contributed by atoms with Crippen LogP contribution in [0.25, 0.3) is 0 Å². The molecular formula is C11H12ClN3O4. The average molecular weight is 286 g/mol. The first-order valence-corrected chi connectivity index (χ1v) is 5.74. The summed E-state index contributed by atoms with van der Waals surface area (Å²) in [5, 5.41) is 14.5. The lowest BCUT2D eigenvalue weighted by Crippen LogP contribution is -2.15. The van der Waals surface area contributed by atoms with Crippen LogP contribution in [0.15, 0.2) is 23.3 Å². The molecule has 0 aliphatic rings. The molecule has 0 fully saturated rings. The summed E-state index contributed by atoms with van der Waals surface area (Å²) in [5.41, 5.74) is 2.75. The molecule has 0 amide bonds. The zero-order valence-corrected chi connectivity index (χ0v) is 11.1. The van der Waals surface area contributed by atoms with E-state index in [0.29, 0.717) is 5.69 Å². The van der Waals surface area contributed by atoms with Gasteiger partial charge in [0.15, 0.2) is 0 Å². The Labute approximate surface area is 114 Å². The molecule has 0 aromatic heterocycles. The zero-order valence-electron chi connectivity index (χ0n) is 10.3. The summed E-state index contributed by atoms with van der Waals surface area (Å²) in [6, 6.07) is 4.11. The molecule has 19 heavy (non-hydrogen) atoms. The predicted molar refractivity (Wildman–Crippen MR) is 71.5 cm³/mol. The molecule has 0 saturated carbocycles. The van der Waals surface area contributed by atoms with Crippen LogP contribution in [-0.4, -0.2) is 23.2 Å². The molecule has 102 valence electrons. The summed E-state index contributed by atoms with van der Waals surface area (Å²) in [7, 11) is 0. The number of hydrogen-bond acceptors (Lipinski definition) is 6. The highest BCUT2D eigenvalue weighted by Gasteiger charge is 2.13. The van der Waals surface area contributed by atoms with E-state index in [1.54, 1.807) is 6.92 Å². The number of carbonyl (C=O) groups is 1. The molecule has 1 aromatic carbocycles. The number of benzene rings is 1. The Morgan fingerprint density at radius 3 is 2.84 bits per heavy atom. The molecule has 1 aromatic rings. The molecule has 0 atom stereocenters. The number of nitro groups is 1. The lowest BCUT2D eigenvalue weighted by Gasteiger charge is -2.03. The van der Waals surface area contributed by atoms with E-state index in [-0.39, 0.29) is 23.0 Å². The van der Waals surface area contributed by atoms with Crippen LogP contribution in [0.3, 0.4) is 0 Å². The fourth-order valence-corrected chi connectivity index (χ4v) is 1.34. The minimum absolute atomic E-state index is 0.0293. The van der Waals surface area contributed by atoms with Crippen molar-refractivity contribution < 1.29 is 14.5 Å². The average Bonchev–Trinajstić information content (AvgIpc) is 2.37. The summed E-state index contributed by atoms with van der Waals surface area (Å²) >= 11 is 5.67. The van der Waals surface area contributed by atoms with Crippen LogP contribution in [-0.2, 0) is 9.53 Å². The van der Waals surface area contributed by atoms with Crippen LogP contribution in [0.2, 0.25) is 5.02 Å². The van der Waals surface area contributed by atoms with Crippen molar-refractivity contribution in [3.63, 3.8) is 0 Å². The maximum Gasteiger partial charge on any atom is 0.354 e. The minimum Gasteiger partial charge on any atom is -0.461 e. The highest BCUT2D eigenvalue weighted by atomic mass is 35.5. The van der Waals surface area contributed by atoms with Crippen molar-refractivity contribution in [3.8, 4) is 0 Å². The highest BCUT2D eigenvalue weighted by molar-refractivity contribution is 6.35. The van der Waals surface area contributed by atoms with E-state index >= 15 is 0 Å². The van der Waals surface area contributed by atoms with Crippen LogP contribution in [0.1, 0.15) is 13.8 Å². The van der Waals surface area contributed by atoms with Gasteiger partial charge in [0.2, 0.25) is 0 Å². The van der Waals surface area contributed by atoms with Crippen LogP contribution in [0.5, 0.6) is 0 Å². The molecule has 0 bridgehead atoms. The van der Waals surface area contributed by atoms with Gasteiger partial charge >= 0.3 is 5.97 Å². The van der Waals surface area contributed by atoms with Crippen LogP contribution < -0.4 is 5.43 Å². The number of rotatable bonds is 5. The second kappa shape index (κ2) is 6.69. The third-order valence-corrected chi connectivity index (χ3v) is 2.39. The minimum atomic E-state index is -0.602. The Morgan fingerprint density at radius 2 is 2.26 bits per heavy atom. The predicted octanol–water partition coefficient (Wildman–Crippen LogP) is 2.60. The molecule has 0 saturated heterocycles. The third kappa shape index (κ3) is 4.22. The lowest BCUT2D eigenvalue weighted by molar-refractivity contribution is -0.384. The third-order valence-electron chi connectivity index (χ3n) is 2.07. The van der Waals surface area contributed by atoms with E-state index in [2.05, 4.69) is 10.5 Å². The number of nitrogens with one attached hydrogen (secondary N) is 1. The quantitative estimate of drug-likeness (QED) is 0.388. The maximum absolute atomic E-state index is 11.3. The summed E-state index contributed by atoms with van der Waals surface area (Å²) in [6.07, 6.45) is 0. The van der Waals surface area contributed by atoms with Gasteiger partial charge < -0.3 is 4.74 Å². The van der Waals surface area contributed by atoms with Crippen molar-refractivity contribution >= 4 is 34.7 Å². The molecule has 1 rings (SSSR count). The molecule has 0 radical (unpaired) electrons. The number of anilines is 1. The van der Waals surface area contributed by atoms with Gasteiger partial charge in [-0.25, -0.2) is 4.79 Å². The highest BCUT2D eigenvalue weighted by Crippen LogP contribution is 2.27. The van der Waals surface area contributed by atoms with E-state index in [0.717, 1.165) is 0 Å². The van der Waals surface area contributed by atoms with Crippen molar-refractivity contribution in [2.75, 3.05) is 12.0 Å². The fraction of sp³-hybridized carbons (Fsp3) is 0.273. The van der Waals surface area contributed by atoms with Gasteiger partial charge in [-0.2, -0.15) is 5.10 Å².